The quantitative estimate of drug-likeness (QED) is 0.771. The maximum atomic E-state index is 11.8. The first-order chi connectivity index (χ1) is 7.41. The molecule has 0 aromatic rings. The van der Waals surface area contributed by atoms with Gasteiger partial charge >= 0.3 is 0 Å². The molecule has 1 aliphatic heterocycles. The molecular weight excluding hydrogens is 224 g/mol. The van der Waals surface area contributed by atoms with E-state index in [2.05, 4.69) is 19.2 Å². The molecule has 0 radical (unpaired) electrons. The highest BCUT2D eigenvalue weighted by atomic mass is 32.2. The fraction of sp³-hybridized carbons (Fsp3) is 0.909. The molecule has 5 heteroatoms. The van der Waals surface area contributed by atoms with Crippen molar-refractivity contribution in [2.24, 2.45) is 5.92 Å². The monoisotopic (exact) mass is 246 g/mol. The summed E-state index contributed by atoms with van der Waals surface area (Å²) in [5, 5.41) is 3.22. The van der Waals surface area contributed by atoms with Crippen molar-refractivity contribution >= 4 is 16.7 Å². The molecule has 1 amide bonds. The summed E-state index contributed by atoms with van der Waals surface area (Å²) in [4.78, 5) is 13.6. The van der Waals surface area contributed by atoms with Crippen LogP contribution in [0.15, 0.2) is 0 Å². The van der Waals surface area contributed by atoms with E-state index in [1.54, 1.807) is 6.26 Å². The summed E-state index contributed by atoms with van der Waals surface area (Å²) < 4.78 is 11.2. The lowest BCUT2D eigenvalue weighted by molar-refractivity contribution is -0.129. The molecule has 0 bridgehead atoms. The third-order valence-electron chi connectivity index (χ3n) is 2.76. The molecule has 16 heavy (non-hydrogen) atoms. The normalized spacial score (nSPS) is 25.2. The molecule has 3 unspecified atom stereocenters. The van der Waals surface area contributed by atoms with Gasteiger partial charge in [0.05, 0.1) is 12.7 Å². The van der Waals surface area contributed by atoms with Crippen molar-refractivity contribution in [3.05, 3.63) is 0 Å². The summed E-state index contributed by atoms with van der Waals surface area (Å²) in [5.41, 5.74) is 0. The van der Waals surface area contributed by atoms with Gasteiger partial charge in [-0.2, -0.15) is 0 Å². The van der Waals surface area contributed by atoms with Gasteiger partial charge < -0.3 is 4.90 Å². The van der Waals surface area contributed by atoms with Crippen LogP contribution in [-0.2, 0) is 15.6 Å². The molecule has 1 rings (SSSR count). The van der Waals surface area contributed by atoms with Gasteiger partial charge in [-0.25, -0.2) is 0 Å². The van der Waals surface area contributed by atoms with Gasteiger partial charge in [0.15, 0.2) is 0 Å². The number of carbonyl (C=O) groups is 1. The van der Waals surface area contributed by atoms with Crippen LogP contribution in [0.4, 0.5) is 0 Å². The van der Waals surface area contributed by atoms with E-state index in [1.165, 1.54) is 0 Å². The molecule has 0 saturated carbocycles. The maximum absolute atomic E-state index is 11.8. The Morgan fingerprint density at radius 2 is 2.12 bits per heavy atom. The van der Waals surface area contributed by atoms with Crippen LogP contribution in [0.3, 0.4) is 0 Å². The lowest BCUT2D eigenvalue weighted by Gasteiger charge is -2.31. The molecule has 1 aliphatic rings. The topological polar surface area (TPSA) is 49.4 Å². The Labute approximate surface area is 100 Å². The van der Waals surface area contributed by atoms with E-state index in [4.69, 9.17) is 0 Å². The molecule has 94 valence electrons. The Bertz CT molecular complexity index is 281. The number of rotatable bonds is 5. The number of nitrogens with zero attached hydrogens (tertiary/aromatic N) is 1. The summed E-state index contributed by atoms with van der Waals surface area (Å²) in [7, 11) is -0.856. The fourth-order valence-electron chi connectivity index (χ4n) is 2.18. The van der Waals surface area contributed by atoms with Crippen LogP contribution >= 0.6 is 0 Å². The second-order valence-electron chi connectivity index (χ2n) is 4.92. The maximum Gasteiger partial charge on any atom is 0.238 e. The van der Waals surface area contributed by atoms with Crippen LogP contribution in [0.1, 0.15) is 27.2 Å². The zero-order valence-corrected chi connectivity index (χ0v) is 11.3. The highest BCUT2D eigenvalue weighted by Crippen LogP contribution is 2.17. The van der Waals surface area contributed by atoms with Crippen LogP contribution in [0, 0.1) is 5.92 Å². The van der Waals surface area contributed by atoms with Crippen LogP contribution in [0.2, 0.25) is 0 Å². The summed E-state index contributed by atoms with van der Waals surface area (Å²) in [6.07, 6.45) is 2.75. The summed E-state index contributed by atoms with van der Waals surface area (Å²) in [6, 6.07) is 0.0529. The first kappa shape index (κ1) is 13.6. The number of nitrogens with one attached hydrogen (secondary N) is 1. The predicted octanol–water partition coefficient (Wildman–Crippen LogP) is 0.557. The predicted molar refractivity (Wildman–Crippen MR) is 66.5 cm³/mol. The van der Waals surface area contributed by atoms with E-state index in [0.717, 1.165) is 6.42 Å². The van der Waals surface area contributed by atoms with Gasteiger partial charge in [0.2, 0.25) is 5.91 Å². The fourth-order valence-corrected chi connectivity index (χ4v) is 3.02. The highest BCUT2D eigenvalue weighted by Gasteiger charge is 2.34. The molecule has 4 nitrogen and oxygen atoms in total. The first-order valence-electron chi connectivity index (χ1n) is 5.76. The molecule has 1 heterocycles. The number of amides is 1. The smallest absolute Gasteiger partial charge is 0.238 e. The molecule has 0 aromatic heterocycles. The average molecular weight is 246 g/mol. The van der Waals surface area contributed by atoms with E-state index in [-0.39, 0.29) is 18.1 Å². The molecule has 0 spiro atoms. The van der Waals surface area contributed by atoms with Gasteiger partial charge in [-0.1, -0.05) is 13.8 Å². The Morgan fingerprint density at radius 1 is 1.50 bits per heavy atom. The SMILES string of the molecule is CC(C)CC1NCC(=O)N1C(C)CS(C)=O. The summed E-state index contributed by atoms with van der Waals surface area (Å²) in [5.74, 6) is 1.23. The van der Waals surface area contributed by atoms with E-state index < -0.39 is 10.8 Å². The summed E-state index contributed by atoms with van der Waals surface area (Å²) >= 11 is 0. The number of carbonyl (C=O) groups excluding carboxylic acids is 1. The lowest BCUT2D eigenvalue weighted by Crippen LogP contribution is -2.46. The van der Waals surface area contributed by atoms with Crippen molar-refractivity contribution < 1.29 is 9.00 Å². The van der Waals surface area contributed by atoms with Gasteiger partial charge in [0, 0.05) is 28.9 Å². The highest BCUT2D eigenvalue weighted by molar-refractivity contribution is 7.84. The van der Waals surface area contributed by atoms with Gasteiger partial charge in [-0.15, -0.1) is 0 Å². The minimum atomic E-state index is -0.856. The number of hydrogen-bond acceptors (Lipinski definition) is 3. The van der Waals surface area contributed by atoms with Crippen molar-refractivity contribution in [3.8, 4) is 0 Å². The molecule has 1 fully saturated rings. The van der Waals surface area contributed by atoms with Crippen molar-refractivity contribution in [1.82, 2.24) is 10.2 Å². The van der Waals surface area contributed by atoms with Crippen molar-refractivity contribution in [1.29, 1.82) is 0 Å². The van der Waals surface area contributed by atoms with Crippen LogP contribution in [0.25, 0.3) is 0 Å². The Morgan fingerprint density at radius 3 is 2.62 bits per heavy atom. The second-order valence-corrected chi connectivity index (χ2v) is 6.40. The van der Waals surface area contributed by atoms with Crippen LogP contribution in [-0.4, -0.2) is 45.8 Å². The van der Waals surface area contributed by atoms with E-state index in [9.17, 15) is 9.00 Å². The molecule has 3 atom stereocenters. The molecule has 0 aliphatic carbocycles. The van der Waals surface area contributed by atoms with Crippen molar-refractivity contribution in [3.63, 3.8) is 0 Å². The van der Waals surface area contributed by atoms with Crippen molar-refractivity contribution in [2.75, 3.05) is 18.6 Å². The average Bonchev–Trinajstić information content (AvgIpc) is 2.44. The minimum absolute atomic E-state index is 0.0529. The third kappa shape index (κ3) is 3.56. The first-order valence-corrected chi connectivity index (χ1v) is 7.49. The summed E-state index contributed by atoms with van der Waals surface area (Å²) in [6.45, 7) is 6.67. The van der Waals surface area contributed by atoms with Gasteiger partial charge in [0.1, 0.15) is 0 Å². The standard InChI is InChI=1S/C11H22N2O2S/c1-8(2)5-10-12-6-11(14)13(10)9(3)7-16(4)15/h8-10,12H,5-7H2,1-4H3. The molecule has 1 N–H and O–H groups in total. The van der Waals surface area contributed by atoms with E-state index >= 15 is 0 Å². The van der Waals surface area contributed by atoms with Crippen LogP contribution in [0.5, 0.6) is 0 Å². The minimum Gasteiger partial charge on any atom is -0.322 e. The van der Waals surface area contributed by atoms with Gasteiger partial charge in [-0.3, -0.25) is 14.3 Å². The third-order valence-corrected chi connectivity index (χ3v) is 3.71. The van der Waals surface area contributed by atoms with E-state index in [1.807, 2.05) is 11.8 Å². The Balaban J connectivity index is 2.65. The van der Waals surface area contributed by atoms with E-state index in [0.29, 0.717) is 18.2 Å². The second kappa shape index (κ2) is 5.77. The van der Waals surface area contributed by atoms with Crippen molar-refractivity contribution in [2.45, 2.75) is 39.4 Å². The van der Waals surface area contributed by atoms with Crippen LogP contribution < -0.4 is 5.32 Å². The molecular formula is C11H22N2O2S. The van der Waals surface area contributed by atoms with Gasteiger partial charge in [-0.05, 0) is 19.3 Å². The molecule has 1 saturated heterocycles. The number of hydrogen-bond donors (Lipinski definition) is 1. The lowest BCUT2D eigenvalue weighted by atomic mass is 10.1. The zero-order valence-electron chi connectivity index (χ0n) is 10.5. The Kier molecular flexibility index (Phi) is 4.92. The zero-order chi connectivity index (χ0) is 12.3. The molecule has 0 aromatic carbocycles. The Hall–Kier alpha value is -0.420. The largest absolute Gasteiger partial charge is 0.322 e. The van der Waals surface area contributed by atoms with Gasteiger partial charge in [0.25, 0.3) is 0 Å².